The second-order valence-corrected chi connectivity index (χ2v) is 6.19. The zero-order chi connectivity index (χ0) is 15.2. The highest BCUT2D eigenvalue weighted by molar-refractivity contribution is 6.35. The first-order chi connectivity index (χ1) is 10.7. The summed E-state index contributed by atoms with van der Waals surface area (Å²) in [6.45, 7) is 2.58. The lowest BCUT2D eigenvalue weighted by molar-refractivity contribution is -0.181. The van der Waals surface area contributed by atoms with Crippen LogP contribution in [0.15, 0.2) is 24.3 Å². The minimum Gasteiger partial charge on any atom is -0.349 e. The van der Waals surface area contributed by atoms with Crippen LogP contribution in [0.4, 0.5) is 0 Å². The number of para-hydroxylation sites is 1. The van der Waals surface area contributed by atoms with Crippen molar-refractivity contribution < 1.29 is 14.3 Å². The van der Waals surface area contributed by atoms with E-state index in [2.05, 4.69) is 4.98 Å². The molecular formula is C16H17ClN2O3. The summed E-state index contributed by atoms with van der Waals surface area (Å²) in [5.41, 5.74) is 1.38. The molecule has 1 amide bonds. The molecule has 1 N–H and O–H groups in total. The number of aromatic nitrogens is 1. The van der Waals surface area contributed by atoms with Crippen molar-refractivity contribution >= 4 is 28.4 Å². The minimum atomic E-state index is -0.458. The van der Waals surface area contributed by atoms with Crippen molar-refractivity contribution in [1.29, 1.82) is 0 Å². The van der Waals surface area contributed by atoms with Crippen molar-refractivity contribution in [2.24, 2.45) is 0 Å². The quantitative estimate of drug-likeness (QED) is 0.879. The maximum atomic E-state index is 12.7. The van der Waals surface area contributed by atoms with Crippen LogP contribution in [0.3, 0.4) is 0 Å². The SMILES string of the molecule is O=C(c1cc2cccc(Cl)c2[nH]1)N1CCC2(CC1)OCCO2. The van der Waals surface area contributed by atoms with Crippen LogP contribution in [0.5, 0.6) is 0 Å². The van der Waals surface area contributed by atoms with E-state index in [9.17, 15) is 4.79 Å². The van der Waals surface area contributed by atoms with E-state index in [0.29, 0.717) is 37.0 Å². The van der Waals surface area contributed by atoms with Gasteiger partial charge in [-0.05, 0) is 12.1 Å². The van der Waals surface area contributed by atoms with Crippen molar-refractivity contribution in [2.75, 3.05) is 26.3 Å². The molecular weight excluding hydrogens is 304 g/mol. The average molecular weight is 321 g/mol. The Bertz CT molecular complexity index is 711. The Morgan fingerprint density at radius 3 is 2.64 bits per heavy atom. The maximum absolute atomic E-state index is 12.7. The number of nitrogens with one attached hydrogen (secondary N) is 1. The summed E-state index contributed by atoms with van der Waals surface area (Å²) in [6.07, 6.45) is 1.44. The number of ether oxygens (including phenoxy) is 2. The van der Waals surface area contributed by atoms with E-state index < -0.39 is 5.79 Å². The third kappa shape index (κ3) is 2.29. The van der Waals surface area contributed by atoms with E-state index in [-0.39, 0.29) is 5.91 Å². The van der Waals surface area contributed by atoms with Crippen LogP contribution >= 0.6 is 11.6 Å². The smallest absolute Gasteiger partial charge is 0.270 e. The molecule has 2 saturated heterocycles. The molecule has 2 aliphatic rings. The molecule has 116 valence electrons. The lowest BCUT2D eigenvalue weighted by Gasteiger charge is -2.37. The number of rotatable bonds is 1. The fourth-order valence-corrected chi connectivity index (χ4v) is 3.47. The number of halogens is 1. The molecule has 2 aliphatic heterocycles. The summed E-state index contributed by atoms with van der Waals surface area (Å²) in [6, 6.07) is 7.50. The number of benzene rings is 1. The molecule has 1 aromatic heterocycles. The van der Waals surface area contributed by atoms with Crippen LogP contribution in [0.2, 0.25) is 5.02 Å². The van der Waals surface area contributed by atoms with E-state index in [0.717, 1.165) is 23.7 Å². The number of likely N-dealkylation sites (tertiary alicyclic amines) is 1. The first-order valence-corrected chi connectivity index (χ1v) is 7.89. The fraction of sp³-hybridized carbons (Fsp3) is 0.438. The van der Waals surface area contributed by atoms with Crippen molar-refractivity contribution in [1.82, 2.24) is 9.88 Å². The molecule has 0 radical (unpaired) electrons. The Morgan fingerprint density at radius 2 is 1.95 bits per heavy atom. The number of amides is 1. The third-order valence-corrected chi connectivity index (χ3v) is 4.78. The number of fused-ring (bicyclic) bond motifs is 1. The number of piperidine rings is 1. The van der Waals surface area contributed by atoms with Crippen LogP contribution in [-0.4, -0.2) is 47.9 Å². The minimum absolute atomic E-state index is 0.000105. The highest BCUT2D eigenvalue weighted by Gasteiger charge is 2.41. The van der Waals surface area contributed by atoms with Crippen LogP contribution in [0.25, 0.3) is 10.9 Å². The standard InChI is InChI=1S/C16H17ClN2O3/c17-12-3-1-2-11-10-13(18-14(11)12)15(20)19-6-4-16(5-7-19)21-8-9-22-16/h1-3,10,18H,4-9H2. The van der Waals surface area contributed by atoms with Gasteiger partial charge in [0.25, 0.3) is 5.91 Å². The highest BCUT2D eigenvalue weighted by Crippen LogP contribution is 2.32. The molecule has 0 unspecified atom stereocenters. The Morgan fingerprint density at radius 1 is 1.23 bits per heavy atom. The number of nitrogens with zero attached hydrogens (tertiary/aromatic N) is 1. The average Bonchev–Trinajstić information content (AvgIpc) is 3.15. The summed E-state index contributed by atoms with van der Waals surface area (Å²) in [5.74, 6) is -0.458. The van der Waals surface area contributed by atoms with E-state index in [4.69, 9.17) is 21.1 Å². The van der Waals surface area contributed by atoms with Gasteiger partial charge in [-0.25, -0.2) is 0 Å². The number of hydrogen-bond donors (Lipinski definition) is 1. The third-order valence-electron chi connectivity index (χ3n) is 4.46. The van der Waals surface area contributed by atoms with Gasteiger partial charge in [-0.2, -0.15) is 0 Å². The number of H-pyrrole nitrogens is 1. The van der Waals surface area contributed by atoms with Crippen molar-refractivity contribution in [3.8, 4) is 0 Å². The molecule has 6 heteroatoms. The second-order valence-electron chi connectivity index (χ2n) is 5.79. The highest BCUT2D eigenvalue weighted by atomic mass is 35.5. The predicted molar refractivity (Wildman–Crippen MR) is 83.1 cm³/mol. The van der Waals surface area contributed by atoms with Crippen molar-refractivity contribution in [2.45, 2.75) is 18.6 Å². The maximum Gasteiger partial charge on any atom is 0.270 e. The Labute approximate surface area is 133 Å². The first-order valence-electron chi connectivity index (χ1n) is 7.51. The van der Waals surface area contributed by atoms with Crippen molar-refractivity contribution in [3.63, 3.8) is 0 Å². The summed E-state index contributed by atoms with van der Waals surface area (Å²) in [7, 11) is 0. The molecule has 0 aliphatic carbocycles. The largest absolute Gasteiger partial charge is 0.349 e. The number of carbonyl (C=O) groups is 1. The summed E-state index contributed by atoms with van der Waals surface area (Å²) in [5, 5.41) is 1.58. The van der Waals surface area contributed by atoms with Gasteiger partial charge in [-0.15, -0.1) is 0 Å². The summed E-state index contributed by atoms with van der Waals surface area (Å²) >= 11 is 6.15. The van der Waals surface area contributed by atoms with Gasteiger partial charge in [-0.1, -0.05) is 23.7 Å². The van der Waals surface area contributed by atoms with Gasteiger partial charge in [0.2, 0.25) is 0 Å². The van der Waals surface area contributed by atoms with Gasteiger partial charge in [0.15, 0.2) is 5.79 Å². The van der Waals surface area contributed by atoms with Crippen LogP contribution < -0.4 is 0 Å². The zero-order valence-corrected chi connectivity index (χ0v) is 12.9. The number of aromatic amines is 1. The molecule has 0 bridgehead atoms. The predicted octanol–water partition coefficient (Wildman–Crippen LogP) is 2.80. The molecule has 4 rings (SSSR count). The molecule has 3 heterocycles. The van der Waals surface area contributed by atoms with E-state index in [1.165, 1.54) is 0 Å². The Balaban J connectivity index is 1.53. The van der Waals surface area contributed by atoms with Gasteiger partial charge in [0, 0.05) is 31.3 Å². The summed E-state index contributed by atoms with van der Waals surface area (Å²) < 4.78 is 11.4. The van der Waals surface area contributed by atoms with Gasteiger partial charge >= 0.3 is 0 Å². The lowest BCUT2D eigenvalue weighted by Crippen LogP contribution is -2.47. The molecule has 2 aromatic rings. The fourth-order valence-electron chi connectivity index (χ4n) is 3.24. The van der Waals surface area contributed by atoms with Crippen LogP contribution in [0, 0.1) is 0 Å². The normalized spacial score (nSPS) is 20.9. The number of hydrogen-bond acceptors (Lipinski definition) is 3. The topological polar surface area (TPSA) is 54.6 Å². The molecule has 0 atom stereocenters. The van der Waals surface area contributed by atoms with E-state index >= 15 is 0 Å². The first kappa shape index (κ1) is 14.1. The van der Waals surface area contributed by atoms with Gasteiger partial charge in [0.1, 0.15) is 5.69 Å². The molecule has 22 heavy (non-hydrogen) atoms. The Kier molecular flexibility index (Phi) is 3.36. The monoisotopic (exact) mass is 320 g/mol. The van der Waals surface area contributed by atoms with Gasteiger partial charge in [-0.3, -0.25) is 4.79 Å². The number of carbonyl (C=O) groups excluding carboxylic acids is 1. The zero-order valence-electron chi connectivity index (χ0n) is 12.1. The van der Waals surface area contributed by atoms with E-state index in [1.54, 1.807) is 0 Å². The van der Waals surface area contributed by atoms with Gasteiger partial charge < -0.3 is 19.4 Å². The summed E-state index contributed by atoms with van der Waals surface area (Å²) in [4.78, 5) is 17.6. The van der Waals surface area contributed by atoms with Crippen LogP contribution in [0.1, 0.15) is 23.3 Å². The molecule has 2 fully saturated rings. The lowest BCUT2D eigenvalue weighted by atomic mass is 10.0. The van der Waals surface area contributed by atoms with Crippen molar-refractivity contribution in [3.05, 3.63) is 35.0 Å². The molecule has 5 nitrogen and oxygen atoms in total. The van der Waals surface area contributed by atoms with Crippen LogP contribution in [-0.2, 0) is 9.47 Å². The molecule has 1 spiro atoms. The Hall–Kier alpha value is -1.56. The second kappa shape index (κ2) is 5.26. The van der Waals surface area contributed by atoms with Gasteiger partial charge in [0.05, 0.1) is 23.8 Å². The van der Waals surface area contributed by atoms with E-state index in [1.807, 2.05) is 29.2 Å². The molecule has 0 saturated carbocycles. The molecule has 1 aromatic carbocycles.